The summed E-state index contributed by atoms with van der Waals surface area (Å²) in [5.74, 6) is 0. The molecule has 2 rings (SSSR count). The molecule has 0 spiro atoms. The molecular formula is C10H20N2. The number of piperidine rings is 2. The van der Waals surface area contributed by atoms with Gasteiger partial charge in [0.2, 0.25) is 0 Å². The molecule has 70 valence electrons. The predicted molar refractivity (Wildman–Crippen MR) is 51.2 cm³/mol. The maximum atomic E-state index is 3.56. The van der Waals surface area contributed by atoms with Gasteiger partial charge < -0.3 is 10.2 Å². The smallest absolute Gasteiger partial charge is 0.00449 e. The van der Waals surface area contributed by atoms with Crippen molar-refractivity contribution in [3.63, 3.8) is 0 Å². The molecule has 2 fully saturated rings. The Morgan fingerprint density at radius 3 is 2.08 bits per heavy atom. The molecule has 2 heteroatoms. The second-order valence-electron chi connectivity index (χ2n) is 5.57. The zero-order valence-corrected chi connectivity index (χ0v) is 8.48. The molecule has 0 aromatic heterocycles. The minimum Gasteiger partial charge on any atom is -0.316 e. The minimum atomic E-state index is 0.528. The molecule has 0 unspecified atom stereocenters. The van der Waals surface area contributed by atoms with Gasteiger partial charge in [-0.3, -0.25) is 0 Å². The van der Waals surface area contributed by atoms with Crippen LogP contribution < -0.4 is 5.32 Å². The SMILES string of the molecule is CN1C[C@]2(C)CNC[C@@](C)(C1)C2. The van der Waals surface area contributed by atoms with E-state index in [4.69, 9.17) is 0 Å². The fraction of sp³-hybridized carbons (Fsp3) is 1.00. The van der Waals surface area contributed by atoms with Crippen LogP contribution in [0.1, 0.15) is 20.3 Å². The van der Waals surface area contributed by atoms with E-state index < -0.39 is 0 Å². The molecular weight excluding hydrogens is 148 g/mol. The Morgan fingerprint density at radius 2 is 1.58 bits per heavy atom. The fourth-order valence-corrected chi connectivity index (χ4v) is 3.40. The third-order valence-electron chi connectivity index (χ3n) is 3.26. The number of hydrogen-bond acceptors (Lipinski definition) is 2. The number of fused-ring (bicyclic) bond motifs is 2. The van der Waals surface area contributed by atoms with E-state index in [1.54, 1.807) is 0 Å². The topological polar surface area (TPSA) is 15.3 Å². The molecule has 0 saturated carbocycles. The third-order valence-corrected chi connectivity index (χ3v) is 3.26. The zero-order valence-electron chi connectivity index (χ0n) is 8.48. The largest absolute Gasteiger partial charge is 0.316 e. The molecule has 2 aliphatic heterocycles. The second-order valence-corrected chi connectivity index (χ2v) is 5.57. The second kappa shape index (κ2) is 2.46. The van der Waals surface area contributed by atoms with Gasteiger partial charge in [-0.2, -0.15) is 0 Å². The Morgan fingerprint density at radius 1 is 1.08 bits per heavy atom. The number of nitrogens with zero attached hydrogens (tertiary/aromatic N) is 1. The lowest BCUT2D eigenvalue weighted by Crippen LogP contribution is -2.60. The van der Waals surface area contributed by atoms with Crippen LogP contribution in [0, 0.1) is 10.8 Å². The highest BCUT2D eigenvalue weighted by atomic mass is 15.1. The van der Waals surface area contributed by atoms with E-state index in [0.29, 0.717) is 10.8 Å². The van der Waals surface area contributed by atoms with Crippen LogP contribution in [-0.2, 0) is 0 Å². The van der Waals surface area contributed by atoms with Gasteiger partial charge in [0, 0.05) is 26.2 Å². The maximum Gasteiger partial charge on any atom is 0.00449 e. The number of hydrogen-bond donors (Lipinski definition) is 1. The fourth-order valence-electron chi connectivity index (χ4n) is 3.40. The van der Waals surface area contributed by atoms with E-state index in [1.165, 1.54) is 32.6 Å². The van der Waals surface area contributed by atoms with Crippen molar-refractivity contribution in [2.24, 2.45) is 10.8 Å². The van der Waals surface area contributed by atoms with Gasteiger partial charge in [0.15, 0.2) is 0 Å². The average molecular weight is 168 g/mol. The molecule has 2 heterocycles. The van der Waals surface area contributed by atoms with Crippen molar-refractivity contribution in [3.8, 4) is 0 Å². The number of likely N-dealkylation sites (tertiary alicyclic amines) is 1. The van der Waals surface area contributed by atoms with Crippen LogP contribution in [0.2, 0.25) is 0 Å². The summed E-state index contributed by atoms with van der Waals surface area (Å²) in [5, 5.41) is 3.56. The van der Waals surface area contributed by atoms with E-state index >= 15 is 0 Å². The van der Waals surface area contributed by atoms with Gasteiger partial charge in [-0.05, 0) is 24.3 Å². The summed E-state index contributed by atoms with van der Waals surface area (Å²) < 4.78 is 0. The molecule has 0 aliphatic carbocycles. The molecule has 2 atom stereocenters. The molecule has 0 radical (unpaired) electrons. The summed E-state index contributed by atoms with van der Waals surface area (Å²) in [5.41, 5.74) is 1.06. The summed E-state index contributed by atoms with van der Waals surface area (Å²) in [6.07, 6.45) is 1.40. The van der Waals surface area contributed by atoms with Crippen LogP contribution in [0.25, 0.3) is 0 Å². The Bertz CT molecular complexity index is 174. The van der Waals surface area contributed by atoms with Crippen molar-refractivity contribution in [2.75, 3.05) is 33.2 Å². The highest BCUT2D eigenvalue weighted by molar-refractivity contribution is 4.99. The molecule has 1 N–H and O–H groups in total. The van der Waals surface area contributed by atoms with Crippen molar-refractivity contribution in [2.45, 2.75) is 20.3 Å². The zero-order chi connectivity index (χ0) is 8.82. The predicted octanol–water partition coefficient (Wildman–Crippen LogP) is 0.938. The highest BCUT2D eigenvalue weighted by Gasteiger charge is 2.44. The Labute approximate surface area is 75.3 Å². The van der Waals surface area contributed by atoms with Crippen LogP contribution in [0.15, 0.2) is 0 Å². The van der Waals surface area contributed by atoms with Crippen molar-refractivity contribution in [3.05, 3.63) is 0 Å². The molecule has 0 aromatic carbocycles. The molecule has 12 heavy (non-hydrogen) atoms. The maximum absolute atomic E-state index is 3.56. The van der Waals surface area contributed by atoms with E-state index in [-0.39, 0.29) is 0 Å². The molecule has 2 bridgehead atoms. The van der Waals surface area contributed by atoms with Crippen LogP contribution in [0.3, 0.4) is 0 Å². The first kappa shape index (κ1) is 8.52. The van der Waals surface area contributed by atoms with Gasteiger partial charge >= 0.3 is 0 Å². The molecule has 0 aromatic rings. The average Bonchev–Trinajstić information content (AvgIpc) is 1.79. The summed E-state index contributed by atoms with van der Waals surface area (Å²) in [4.78, 5) is 2.49. The van der Waals surface area contributed by atoms with Crippen molar-refractivity contribution >= 4 is 0 Å². The van der Waals surface area contributed by atoms with Gasteiger partial charge in [-0.25, -0.2) is 0 Å². The molecule has 2 saturated heterocycles. The first-order chi connectivity index (χ1) is 5.52. The third kappa shape index (κ3) is 1.38. The Balaban J connectivity index is 2.19. The normalized spacial score (nSPS) is 49.2. The lowest BCUT2D eigenvalue weighted by Gasteiger charge is -2.53. The van der Waals surface area contributed by atoms with Gasteiger partial charge in [0.1, 0.15) is 0 Å². The van der Waals surface area contributed by atoms with Crippen molar-refractivity contribution < 1.29 is 0 Å². The first-order valence-corrected chi connectivity index (χ1v) is 4.91. The van der Waals surface area contributed by atoms with Crippen LogP contribution in [0.4, 0.5) is 0 Å². The highest BCUT2D eigenvalue weighted by Crippen LogP contribution is 2.41. The summed E-state index contributed by atoms with van der Waals surface area (Å²) in [7, 11) is 2.25. The van der Waals surface area contributed by atoms with Gasteiger partial charge in [0.05, 0.1) is 0 Å². The van der Waals surface area contributed by atoms with Crippen LogP contribution >= 0.6 is 0 Å². The monoisotopic (exact) mass is 168 g/mol. The van der Waals surface area contributed by atoms with Crippen LogP contribution in [-0.4, -0.2) is 38.1 Å². The quantitative estimate of drug-likeness (QED) is 0.579. The van der Waals surface area contributed by atoms with Crippen molar-refractivity contribution in [1.82, 2.24) is 10.2 Å². The number of rotatable bonds is 0. The van der Waals surface area contributed by atoms with Gasteiger partial charge in [-0.1, -0.05) is 13.8 Å². The van der Waals surface area contributed by atoms with E-state index in [0.717, 1.165) is 0 Å². The lowest BCUT2D eigenvalue weighted by atomic mass is 9.66. The summed E-state index contributed by atoms with van der Waals surface area (Å²) >= 11 is 0. The van der Waals surface area contributed by atoms with Gasteiger partial charge in [0.25, 0.3) is 0 Å². The summed E-state index contributed by atoms with van der Waals surface area (Å²) in [6, 6.07) is 0. The molecule has 2 aliphatic rings. The van der Waals surface area contributed by atoms with Crippen LogP contribution in [0.5, 0.6) is 0 Å². The number of nitrogens with one attached hydrogen (secondary N) is 1. The van der Waals surface area contributed by atoms with Gasteiger partial charge in [-0.15, -0.1) is 0 Å². The standard InChI is InChI=1S/C10H20N2/c1-9-4-10(2,6-11-5-9)8-12(3)7-9/h11H,4-8H2,1-3H3/t9-,10-/m0/s1. The van der Waals surface area contributed by atoms with E-state index in [9.17, 15) is 0 Å². The van der Waals surface area contributed by atoms with E-state index in [1.807, 2.05) is 0 Å². The van der Waals surface area contributed by atoms with Crippen molar-refractivity contribution in [1.29, 1.82) is 0 Å². The minimum absolute atomic E-state index is 0.528. The van der Waals surface area contributed by atoms with E-state index in [2.05, 4.69) is 31.1 Å². The first-order valence-electron chi connectivity index (χ1n) is 4.91. The molecule has 0 amide bonds. The Hall–Kier alpha value is -0.0800. The summed E-state index contributed by atoms with van der Waals surface area (Å²) in [6.45, 7) is 9.74. The Kier molecular flexibility index (Phi) is 1.74. The lowest BCUT2D eigenvalue weighted by molar-refractivity contribution is -0.00751. The molecule has 2 nitrogen and oxygen atoms in total.